The predicted molar refractivity (Wildman–Crippen MR) is 118 cm³/mol. The zero-order valence-corrected chi connectivity index (χ0v) is 17.5. The van der Waals surface area contributed by atoms with E-state index in [0.717, 1.165) is 5.56 Å². The number of aryl methyl sites for hydroxylation is 1. The van der Waals surface area contributed by atoms with Crippen LogP contribution >= 0.6 is 12.2 Å². The zero-order chi connectivity index (χ0) is 22.1. The molecule has 0 unspecified atom stereocenters. The smallest absolute Gasteiger partial charge is 0.257 e. The summed E-state index contributed by atoms with van der Waals surface area (Å²) in [6, 6.07) is 13.4. The van der Waals surface area contributed by atoms with E-state index >= 15 is 0 Å². The van der Waals surface area contributed by atoms with Crippen molar-refractivity contribution in [3.8, 4) is 5.75 Å². The normalized spacial score (nSPS) is 16.3. The zero-order valence-electron chi connectivity index (χ0n) is 16.7. The van der Waals surface area contributed by atoms with Crippen LogP contribution < -0.4 is 15.5 Å². The third-order valence-electron chi connectivity index (χ3n) is 4.91. The highest BCUT2D eigenvalue weighted by atomic mass is 32.1. The van der Waals surface area contributed by atoms with E-state index in [1.54, 1.807) is 49.1 Å². The number of thiocarbonyl (C=S) groups is 1. The Bertz CT molecular complexity index is 1170. The van der Waals surface area contributed by atoms with Gasteiger partial charge in [-0.2, -0.15) is 0 Å². The summed E-state index contributed by atoms with van der Waals surface area (Å²) in [5.74, 6) is 0.189. The first-order valence-corrected chi connectivity index (χ1v) is 9.85. The highest BCUT2D eigenvalue weighted by molar-refractivity contribution is 7.80. The molecule has 3 aromatic rings. The average molecular weight is 438 g/mol. The Labute approximate surface area is 183 Å². The van der Waals surface area contributed by atoms with Crippen molar-refractivity contribution in [2.75, 3.05) is 10.2 Å². The summed E-state index contributed by atoms with van der Waals surface area (Å²) in [6.45, 7) is 3.50. The number of anilines is 2. The van der Waals surface area contributed by atoms with Crippen LogP contribution in [-0.4, -0.2) is 21.3 Å². The van der Waals surface area contributed by atoms with Gasteiger partial charge in [0.2, 0.25) is 0 Å². The first kappa shape index (κ1) is 20.5. The predicted octanol–water partition coefficient (Wildman–Crippen LogP) is 4.18. The molecule has 1 aromatic heterocycles. The SMILES string of the molecule is CC1=C(C(=O)Nc2cc(C)on2)[C@H](c2ccc(O)cc2)NC(=S)N1c1ccc(F)cc1. The fourth-order valence-corrected chi connectivity index (χ4v) is 3.82. The Morgan fingerprint density at radius 3 is 2.48 bits per heavy atom. The molecule has 4 rings (SSSR count). The molecule has 1 aliphatic heterocycles. The maximum Gasteiger partial charge on any atom is 0.257 e. The number of hydrogen-bond acceptors (Lipinski definition) is 5. The lowest BCUT2D eigenvalue weighted by Gasteiger charge is -2.37. The number of carbonyl (C=O) groups is 1. The van der Waals surface area contributed by atoms with E-state index in [0.29, 0.717) is 27.8 Å². The number of carbonyl (C=O) groups excluding carboxylic acids is 1. The maximum atomic E-state index is 13.4. The third-order valence-corrected chi connectivity index (χ3v) is 5.21. The standard InChI is InChI=1S/C22H19FN4O3S/c1-12-11-18(26-30-12)24-21(29)19-13(2)27(16-7-5-15(23)6-8-16)22(31)25-20(19)14-3-9-17(28)10-4-14/h3-11,20,28H,1-2H3,(H,25,31)(H,24,26,29)/t20-/m0/s1. The van der Waals surface area contributed by atoms with Gasteiger partial charge in [-0.15, -0.1) is 0 Å². The minimum Gasteiger partial charge on any atom is -0.508 e. The van der Waals surface area contributed by atoms with Crippen molar-refractivity contribution >= 4 is 34.7 Å². The molecule has 1 atom stereocenters. The number of nitrogens with zero attached hydrogens (tertiary/aromatic N) is 2. The largest absolute Gasteiger partial charge is 0.508 e. The lowest BCUT2D eigenvalue weighted by atomic mass is 9.94. The van der Waals surface area contributed by atoms with Crippen LogP contribution in [0, 0.1) is 12.7 Å². The fourth-order valence-electron chi connectivity index (χ4n) is 3.46. The number of nitrogens with one attached hydrogen (secondary N) is 2. The summed E-state index contributed by atoms with van der Waals surface area (Å²) >= 11 is 5.57. The number of amides is 1. The van der Waals surface area contributed by atoms with Crippen LogP contribution in [0.4, 0.5) is 15.9 Å². The quantitative estimate of drug-likeness (QED) is 0.527. The summed E-state index contributed by atoms with van der Waals surface area (Å²) in [7, 11) is 0. The highest BCUT2D eigenvalue weighted by Gasteiger charge is 2.35. The first-order chi connectivity index (χ1) is 14.8. The Morgan fingerprint density at radius 2 is 1.87 bits per heavy atom. The van der Waals surface area contributed by atoms with Gasteiger partial charge in [0.15, 0.2) is 10.9 Å². The van der Waals surface area contributed by atoms with Gasteiger partial charge in [-0.1, -0.05) is 17.3 Å². The van der Waals surface area contributed by atoms with Crippen LogP contribution in [0.1, 0.15) is 24.3 Å². The second-order valence-corrected chi connectivity index (χ2v) is 7.45. The van der Waals surface area contributed by atoms with E-state index in [1.807, 2.05) is 0 Å². The molecule has 2 heterocycles. The number of halogens is 1. The number of allylic oxidation sites excluding steroid dienone is 1. The second kappa shape index (κ2) is 8.19. The van der Waals surface area contributed by atoms with Crippen LogP contribution in [0.15, 0.2) is 70.4 Å². The van der Waals surface area contributed by atoms with Gasteiger partial charge in [0, 0.05) is 17.5 Å². The molecule has 31 heavy (non-hydrogen) atoms. The lowest BCUT2D eigenvalue weighted by molar-refractivity contribution is -0.113. The molecule has 0 radical (unpaired) electrons. The van der Waals surface area contributed by atoms with Gasteiger partial charge >= 0.3 is 0 Å². The summed E-state index contributed by atoms with van der Waals surface area (Å²) in [6.07, 6.45) is 0. The van der Waals surface area contributed by atoms with Gasteiger partial charge < -0.3 is 20.3 Å². The molecule has 1 aliphatic rings. The number of aromatic nitrogens is 1. The Balaban J connectivity index is 1.80. The van der Waals surface area contributed by atoms with E-state index in [1.165, 1.54) is 24.3 Å². The highest BCUT2D eigenvalue weighted by Crippen LogP contribution is 2.34. The summed E-state index contributed by atoms with van der Waals surface area (Å²) in [5, 5.41) is 19.8. The molecule has 158 valence electrons. The first-order valence-electron chi connectivity index (χ1n) is 9.44. The molecule has 3 N–H and O–H groups in total. The molecule has 0 aliphatic carbocycles. The molecule has 9 heteroatoms. The van der Waals surface area contributed by atoms with Gasteiger partial charge in [-0.3, -0.25) is 9.69 Å². The van der Waals surface area contributed by atoms with Gasteiger partial charge in [0.05, 0.1) is 11.6 Å². The van der Waals surface area contributed by atoms with Crippen molar-refractivity contribution in [1.29, 1.82) is 0 Å². The Hall–Kier alpha value is -3.72. The van der Waals surface area contributed by atoms with Gasteiger partial charge in [-0.05, 0) is 68.0 Å². The van der Waals surface area contributed by atoms with Crippen LogP contribution in [0.2, 0.25) is 0 Å². The number of phenols is 1. The second-order valence-electron chi connectivity index (χ2n) is 7.06. The van der Waals surface area contributed by atoms with Crippen molar-refractivity contribution in [3.63, 3.8) is 0 Å². The van der Waals surface area contributed by atoms with Crippen LogP contribution in [0.5, 0.6) is 5.75 Å². The molecule has 2 aromatic carbocycles. The van der Waals surface area contributed by atoms with Crippen molar-refractivity contribution in [2.24, 2.45) is 0 Å². The van der Waals surface area contributed by atoms with E-state index in [4.69, 9.17) is 16.7 Å². The number of hydrogen-bond donors (Lipinski definition) is 3. The van der Waals surface area contributed by atoms with E-state index in [9.17, 15) is 14.3 Å². The molecule has 0 fully saturated rings. The fraction of sp³-hybridized carbons (Fsp3) is 0.136. The Morgan fingerprint density at radius 1 is 1.19 bits per heavy atom. The van der Waals surface area contributed by atoms with Crippen LogP contribution in [-0.2, 0) is 4.79 Å². The van der Waals surface area contributed by atoms with Crippen LogP contribution in [0.3, 0.4) is 0 Å². The minimum atomic E-state index is -0.571. The molecule has 0 saturated carbocycles. The monoisotopic (exact) mass is 438 g/mol. The van der Waals surface area contributed by atoms with Crippen molar-refractivity contribution in [2.45, 2.75) is 19.9 Å². The Kier molecular flexibility index (Phi) is 5.43. The molecule has 0 bridgehead atoms. The van der Waals surface area contributed by atoms with Gasteiger partial charge in [-0.25, -0.2) is 4.39 Å². The molecular formula is C22H19FN4O3S. The molecule has 1 amide bonds. The maximum absolute atomic E-state index is 13.4. The summed E-state index contributed by atoms with van der Waals surface area (Å²) < 4.78 is 18.5. The van der Waals surface area contributed by atoms with E-state index in [2.05, 4.69) is 15.8 Å². The summed E-state index contributed by atoms with van der Waals surface area (Å²) in [4.78, 5) is 15.0. The molecular weight excluding hydrogens is 419 g/mol. The van der Waals surface area contributed by atoms with Crippen molar-refractivity contribution < 1.29 is 18.8 Å². The minimum absolute atomic E-state index is 0.111. The summed E-state index contributed by atoms with van der Waals surface area (Å²) in [5.41, 5.74) is 2.32. The topological polar surface area (TPSA) is 90.6 Å². The molecule has 7 nitrogen and oxygen atoms in total. The third kappa shape index (κ3) is 4.13. The number of aromatic hydroxyl groups is 1. The van der Waals surface area contributed by atoms with E-state index in [-0.39, 0.29) is 17.4 Å². The lowest BCUT2D eigenvalue weighted by Crippen LogP contribution is -2.48. The van der Waals surface area contributed by atoms with Crippen molar-refractivity contribution in [1.82, 2.24) is 10.5 Å². The number of rotatable bonds is 4. The van der Waals surface area contributed by atoms with E-state index < -0.39 is 11.9 Å². The average Bonchev–Trinajstić information content (AvgIpc) is 3.14. The van der Waals surface area contributed by atoms with Gasteiger partial charge in [0.25, 0.3) is 5.91 Å². The van der Waals surface area contributed by atoms with Gasteiger partial charge in [0.1, 0.15) is 17.3 Å². The van der Waals surface area contributed by atoms with Crippen molar-refractivity contribution in [3.05, 3.63) is 83.0 Å². The number of benzene rings is 2. The number of phenolic OH excluding ortho intramolecular Hbond substituents is 1. The molecule has 0 saturated heterocycles. The molecule has 0 spiro atoms. The van der Waals surface area contributed by atoms with Crippen LogP contribution in [0.25, 0.3) is 0 Å².